The number of halogens is 1. The van der Waals surface area contributed by atoms with Gasteiger partial charge < -0.3 is 10.1 Å². The molecule has 118 valence electrons. The fourth-order valence-corrected chi connectivity index (χ4v) is 2.62. The van der Waals surface area contributed by atoms with E-state index in [9.17, 15) is 9.59 Å². The fourth-order valence-electron chi connectivity index (χ4n) is 2.35. The summed E-state index contributed by atoms with van der Waals surface area (Å²) >= 11 is 3.33. The molecule has 0 radical (unpaired) electrons. The quantitative estimate of drug-likeness (QED) is 0.834. The van der Waals surface area contributed by atoms with Gasteiger partial charge in [-0.15, -0.1) is 0 Å². The van der Waals surface area contributed by atoms with E-state index in [0.29, 0.717) is 11.4 Å². The monoisotopic (exact) mass is 374 g/mol. The Balaban J connectivity index is 1.78. The van der Waals surface area contributed by atoms with Crippen LogP contribution in [0.5, 0.6) is 5.75 Å². The van der Waals surface area contributed by atoms with Crippen LogP contribution in [0.1, 0.15) is 6.92 Å². The SMILES string of the molecule is CC1(COc2ccccc2)NC(=O)N(c2ccc(Br)cc2)C1=O. The zero-order valence-corrected chi connectivity index (χ0v) is 14.0. The van der Waals surface area contributed by atoms with Crippen molar-refractivity contribution < 1.29 is 14.3 Å². The molecule has 1 atom stereocenters. The normalized spacial score (nSPS) is 20.5. The number of benzene rings is 2. The molecule has 23 heavy (non-hydrogen) atoms. The van der Waals surface area contributed by atoms with E-state index in [1.165, 1.54) is 0 Å². The van der Waals surface area contributed by atoms with Crippen molar-refractivity contribution in [3.05, 3.63) is 59.1 Å². The highest BCUT2D eigenvalue weighted by Gasteiger charge is 2.49. The number of nitrogens with zero attached hydrogens (tertiary/aromatic N) is 1. The minimum absolute atomic E-state index is 0.0641. The lowest BCUT2D eigenvalue weighted by Crippen LogP contribution is -2.49. The Morgan fingerprint density at radius 1 is 1.09 bits per heavy atom. The second-order valence-corrected chi connectivity index (χ2v) is 6.40. The molecule has 1 N–H and O–H groups in total. The number of carbonyl (C=O) groups is 2. The molecule has 0 aliphatic carbocycles. The molecule has 3 rings (SSSR count). The van der Waals surface area contributed by atoms with Gasteiger partial charge in [-0.3, -0.25) is 4.79 Å². The van der Waals surface area contributed by atoms with Crippen LogP contribution in [0.15, 0.2) is 59.1 Å². The Morgan fingerprint density at radius 2 is 1.74 bits per heavy atom. The highest BCUT2D eigenvalue weighted by atomic mass is 79.9. The second-order valence-electron chi connectivity index (χ2n) is 5.48. The number of rotatable bonds is 4. The summed E-state index contributed by atoms with van der Waals surface area (Å²) in [5.74, 6) is 0.318. The fraction of sp³-hybridized carbons (Fsp3) is 0.176. The molecule has 5 nitrogen and oxygen atoms in total. The number of hydrogen-bond acceptors (Lipinski definition) is 3. The summed E-state index contributed by atoms with van der Waals surface area (Å²) in [6, 6.07) is 15.7. The highest BCUT2D eigenvalue weighted by Crippen LogP contribution is 2.26. The van der Waals surface area contributed by atoms with Crippen LogP contribution in [-0.4, -0.2) is 24.1 Å². The average Bonchev–Trinajstić information content (AvgIpc) is 2.78. The molecule has 1 saturated heterocycles. The van der Waals surface area contributed by atoms with Crippen molar-refractivity contribution >= 4 is 33.6 Å². The van der Waals surface area contributed by atoms with E-state index in [1.54, 1.807) is 43.3 Å². The predicted molar refractivity (Wildman–Crippen MR) is 90.5 cm³/mol. The van der Waals surface area contributed by atoms with Crippen molar-refractivity contribution in [1.29, 1.82) is 0 Å². The zero-order valence-electron chi connectivity index (χ0n) is 12.5. The van der Waals surface area contributed by atoms with Crippen molar-refractivity contribution in [3.63, 3.8) is 0 Å². The molecule has 1 aliphatic heterocycles. The molecule has 6 heteroatoms. The van der Waals surface area contributed by atoms with E-state index in [0.717, 1.165) is 9.37 Å². The number of carbonyl (C=O) groups excluding carboxylic acids is 2. The van der Waals surface area contributed by atoms with Crippen LogP contribution in [0, 0.1) is 0 Å². The van der Waals surface area contributed by atoms with E-state index in [-0.39, 0.29) is 12.5 Å². The molecule has 1 unspecified atom stereocenters. The minimum atomic E-state index is -1.10. The van der Waals surface area contributed by atoms with Crippen LogP contribution >= 0.6 is 15.9 Å². The van der Waals surface area contributed by atoms with Gasteiger partial charge in [-0.05, 0) is 43.3 Å². The van der Waals surface area contributed by atoms with Crippen LogP contribution in [-0.2, 0) is 4.79 Å². The minimum Gasteiger partial charge on any atom is -0.491 e. The van der Waals surface area contributed by atoms with Gasteiger partial charge in [-0.25, -0.2) is 9.69 Å². The number of amides is 3. The summed E-state index contributed by atoms with van der Waals surface area (Å²) in [5.41, 5.74) is -0.570. The third-order valence-electron chi connectivity index (χ3n) is 3.62. The topological polar surface area (TPSA) is 58.6 Å². The molecule has 0 spiro atoms. The lowest BCUT2D eigenvalue weighted by atomic mass is 10.0. The molecule has 2 aromatic rings. The molecule has 1 fully saturated rings. The number of imide groups is 1. The lowest BCUT2D eigenvalue weighted by molar-refractivity contribution is -0.122. The summed E-state index contributed by atoms with van der Waals surface area (Å²) in [6.07, 6.45) is 0. The summed E-state index contributed by atoms with van der Waals surface area (Å²) in [6.45, 7) is 1.73. The summed E-state index contributed by atoms with van der Waals surface area (Å²) in [4.78, 5) is 26.1. The molecule has 0 bridgehead atoms. The molecular weight excluding hydrogens is 360 g/mol. The number of hydrogen-bond donors (Lipinski definition) is 1. The van der Waals surface area contributed by atoms with Gasteiger partial charge in [0.05, 0.1) is 5.69 Å². The van der Waals surface area contributed by atoms with Gasteiger partial charge in [0.2, 0.25) is 0 Å². The van der Waals surface area contributed by atoms with Gasteiger partial charge in [-0.1, -0.05) is 34.1 Å². The number of para-hydroxylation sites is 1. The van der Waals surface area contributed by atoms with E-state index in [2.05, 4.69) is 21.2 Å². The number of anilines is 1. The maximum atomic E-state index is 12.7. The third-order valence-corrected chi connectivity index (χ3v) is 4.15. The Morgan fingerprint density at radius 3 is 2.39 bits per heavy atom. The Hall–Kier alpha value is -2.34. The van der Waals surface area contributed by atoms with Crippen molar-refractivity contribution in [1.82, 2.24) is 5.32 Å². The second kappa shape index (κ2) is 6.04. The first-order chi connectivity index (χ1) is 11.0. The predicted octanol–water partition coefficient (Wildman–Crippen LogP) is 3.34. The zero-order chi connectivity index (χ0) is 16.4. The summed E-state index contributed by atoms with van der Waals surface area (Å²) < 4.78 is 6.52. The molecular formula is C17H15BrN2O3. The Bertz CT molecular complexity index is 733. The van der Waals surface area contributed by atoms with E-state index in [4.69, 9.17) is 4.74 Å². The Kier molecular flexibility index (Phi) is 4.09. The van der Waals surface area contributed by atoms with Crippen LogP contribution in [0.3, 0.4) is 0 Å². The number of nitrogens with one attached hydrogen (secondary N) is 1. The molecule has 1 heterocycles. The lowest BCUT2D eigenvalue weighted by Gasteiger charge is -2.22. The standard InChI is InChI=1S/C17H15BrN2O3/c1-17(11-23-14-5-3-2-4-6-14)15(21)20(16(22)19-17)13-9-7-12(18)8-10-13/h2-10H,11H2,1H3,(H,19,22). The van der Waals surface area contributed by atoms with Gasteiger partial charge in [-0.2, -0.15) is 0 Å². The third kappa shape index (κ3) is 3.07. The van der Waals surface area contributed by atoms with Crippen LogP contribution < -0.4 is 15.0 Å². The maximum absolute atomic E-state index is 12.7. The molecule has 3 amide bonds. The first kappa shape index (κ1) is 15.6. The molecule has 0 saturated carbocycles. The van der Waals surface area contributed by atoms with Gasteiger partial charge in [0.1, 0.15) is 12.4 Å². The largest absolute Gasteiger partial charge is 0.491 e. The molecule has 0 aromatic heterocycles. The van der Waals surface area contributed by atoms with E-state index in [1.807, 2.05) is 18.2 Å². The van der Waals surface area contributed by atoms with Gasteiger partial charge in [0.15, 0.2) is 5.54 Å². The van der Waals surface area contributed by atoms with Crippen molar-refractivity contribution in [2.45, 2.75) is 12.5 Å². The molecule has 1 aliphatic rings. The average molecular weight is 375 g/mol. The smallest absolute Gasteiger partial charge is 0.329 e. The van der Waals surface area contributed by atoms with E-state index >= 15 is 0 Å². The number of ether oxygens (including phenoxy) is 1. The van der Waals surface area contributed by atoms with Crippen LogP contribution in [0.2, 0.25) is 0 Å². The molecule has 2 aromatic carbocycles. The van der Waals surface area contributed by atoms with E-state index < -0.39 is 11.6 Å². The number of urea groups is 1. The van der Waals surface area contributed by atoms with Gasteiger partial charge >= 0.3 is 6.03 Å². The first-order valence-corrected chi connectivity index (χ1v) is 7.89. The maximum Gasteiger partial charge on any atom is 0.329 e. The summed E-state index contributed by atoms with van der Waals surface area (Å²) in [7, 11) is 0. The van der Waals surface area contributed by atoms with Crippen LogP contribution in [0.25, 0.3) is 0 Å². The highest BCUT2D eigenvalue weighted by molar-refractivity contribution is 9.10. The van der Waals surface area contributed by atoms with Gasteiger partial charge in [0, 0.05) is 4.47 Å². The first-order valence-electron chi connectivity index (χ1n) is 7.10. The summed E-state index contributed by atoms with van der Waals surface area (Å²) in [5, 5.41) is 2.71. The van der Waals surface area contributed by atoms with Crippen molar-refractivity contribution in [2.75, 3.05) is 11.5 Å². The van der Waals surface area contributed by atoms with Crippen molar-refractivity contribution in [3.8, 4) is 5.75 Å². The van der Waals surface area contributed by atoms with Crippen molar-refractivity contribution in [2.24, 2.45) is 0 Å². The Labute approximate surface area is 142 Å². The van der Waals surface area contributed by atoms with Crippen LogP contribution in [0.4, 0.5) is 10.5 Å². The van der Waals surface area contributed by atoms with Gasteiger partial charge in [0.25, 0.3) is 5.91 Å².